The highest BCUT2D eigenvalue weighted by atomic mass is 32.2. The fraction of sp³-hybridized carbons (Fsp3) is 0.826. The molecule has 15 heteroatoms. The Morgan fingerprint density at radius 2 is 1.68 bits per heavy atom. The Kier molecular flexibility index (Phi) is 7.60. The van der Waals surface area contributed by atoms with Crippen LogP contribution in [0, 0.1) is 11.3 Å². The summed E-state index contributed by atoms with van der Waals surface area (Å²) < 4.78 is 125. The lowest BCUT2D eigenvalue weighted by molar-refractivity contribution is -0.150. The lowest BCUT2D eigenvalue weighted by Gasteiger charge is -2.50. The van der Waals surface area contributed by atoms with Crippen LogP contribution in [0.4, 0.5) is 42.4 Å². The molecule has 0 N–H and O–H groups in total. The number of nitrogens with zero attached hydrogens (tertiary/aromatic N) is 5. The fourth-order valence-electron chi connectivity index (χ4n) is 5.82. The van der Waals surface area contributed by atoms with Crippen molar-refractivity contribution < 1.29 is 39.2 Å². The molecule has 7 nitrogen and oxygen atoms in total. The highest BCUT2D eigenvalue weighted by Crippen LogP contribution is 2.53. The molecule has 1 saturated carbocycles. The number of rotatable bonds is 5. The molecule has 4 rings (SSSR count). The second-order valence-corrected chi connectivity index (χ2v) is 12.8. The topological polar surface area (TPSA) is 69.6 Å². The number of sulfonamides is 1. The number of halogens is 7. The Morgan fingerprint density at radius 1 is 1.03 bits per heavy atom. The van der Waals surface area contributed by atoms with Gasteiger partial charge < -0.3 is 9.80 Å². The molecule has 2 aliphatic heterocycles. The van der Waals surface area contributed by atoms with E-state index in [9.17, 15) is 39.2 Å². The number of hydrogen-bond donors (Lipinski definition) is 0. The second-order valence-electron chi connectivity index (χ2n) is 10.8. The van der Waals surface area contributed by atoms with Crippen molar-refractivity contribution in [2.45, 2.75) is 63.0 Å². The van der Waals surface area contributed by atoms with E-state index in [1.807, 2.05) is 0 Å². The van der Waals surface area contributed by atoms with Crippen molar-refractivity contribution >= 4 is 21.7 Å². The van der Waals surface area contributed by atoms with Gasteiger partial charge in [0, 0.05) is 58.7 Å². The normalized spacial score (nSPS) is 25.9. The molecular formula is C23H32F7N5O2S. The van der Waals surface area contributed by atoms with Gasteiger partial charge in [-0.2, -0.15) is 13.2 Å². The quantitative estimate of drug-likeness (QED) is 0.477. The first-order valence-corrected chi connectivity index (χ1v) is 14.4. The molecule has 38 heavy (non-hydrogen) atoms. The highest BCUT2D eigenvalue weighted by molar-refractivity contribution is 7.88. The molecule has 0 radical (unpaired) electrons. The van der Waals surface area contributed by atoms with Gasteiger partial charge in [0.2, 0.25) is 15.8 Å². The summed E-state index contributed by atoms with van der Waals surface area (Å²) in [6.45, 7) is -1.71. The van der Waals surface area contributed by atoms with Crippen LogP contribution >= 0.6 is 0 Å². The van der Waals surface area contributed by atoms with Gasteiger partial charge in [0.05, 0.1) is 17.6 Å². The summed E-state index contributed by atoms with van der Waals surface area (Å²) in [5, 5.41) is 0. The predicted octanol–water partition coefficient (Wildman–Crippen LogP) is 4.64. The van der Waals surface area contributed by atoms with Crippen molar-refractivity contribution in [2.24, 2.45) is 11.3 Å². The van der Waals surface area contributed by atoms with E-state index >= 15 is 0 Å². The number of piperidine rings is 2. The van der Waals surface area contributed by atoms with Gasteiger partial charge in [0.15, 0.2) is 0 Å². The third kappa shape index (κ3) is 5.82. The van der Waals surface area contributed by atoms with Crippen LogP contribution in [-0.2, 0) is 16.2 Å². The summed E-state index contributed by atoms with van der Waals surface area (Å²) in [6.07, 6.45) is -2.75. The average Bonchev–Trinajstić information content (AvgIpc) is 2.81. The molecule has 0 bridgehead atoms. The van der Waals surface area contributed by atoms with Gasteiger partial charge in [0.25, 0.3) is 11.8 Å². The smallest absolute Gasteiger partial charge is 0.359 e. The second kappa shape index (κ2) is 9.93. The Bertz CT molecular complexity index is 1130. The summed E-state index contributed by atoms with van der Waals surface area (Å²) in [7, 11) is -2.45. The molecular weight excluding hydrogens is 543 g/mol. The molecule has 0 amide bonds. The first-order chi connectivity index (χ1) is 17.4. The summed E-state index contributed by atoms with van der Waals surface area (Å²) in [5.74, 6) is -9.69. The minimum absolute atomic E-state index is 0.165. The summed E-state index contributed by atoms with van der Waals surface area (Å²) in [5.41, 5.74) is -1.36. The molecule has 1 atom stereocenters. The molecule has 3 aliphatic rings. The standard InChI is InChI=1S/C23H32F7N5O2S/c1-33(13-16-14-35(38(2,36)37)11-8-21(16,24)25)17-12-18(32-19(31-17)23(28,29)30)34-10-9-22(26,27)20(15-34)6-4-3-5-7-20/h12,16H,3-11,13-15H2,1-2H3. The van der Waals surface area contributed by atoms with Crippen molar-refractivity contribution in [2.75, 3.05) is 55.8 Å². The maximum Gasteiger partial charge on any atom is 0.451 e. The zero-order chi connectivity index (χ0) is 28.1. The van der Waals surface area contributed by atoms with Crippen LogP contribution in [0.25, 0.3) is 0 Å². The van der Waals surface area contributed by atoms with E-state index in [1.165, 1.54) is 18.0 Å². The van der Waals surface area contributed by atoms with Crippen LogP contribution in [-0.4, -0.2) is 80.6 Å². The zero-order valence-corrected chi connectivity index (χ0v) is 22.1. The van der Waals surface area contributed by atoms with E-state index in [4.69, 9.17) is 0 Å². The Hall–Kier alpha value is -1.90. The molecule has 216 valence electrons. The Labute approximate surface area is 217 Å². The highest BCUT2D eigenvalue weighted by Gasteiger charge is 2.57. The van der Waals surface area contributed by atoms with Gasteiger partial charge in [-0.25, -0.2) is 40.3 Å². The molecule has 3 heterocycles. The van der Waals surface area contributed by atoms with Crippen LogP contribution in [0.2, 0.25) is 0 Å². The lowest BCUT2D eigenvalue weighted by atomic mass is 9.66. The molecule has 1 aromatic rings. The van der Waals surface area contributed by atoms with Gasteiger partial charge in [-0.15, -0.1) is 0 Å². The molecule has 3 fully saturated rings. The van der Waals surface area contributed by atoms with Crippen molar-refractivity contribution in [3.05, 3.63) is 11.9 Å². The number of hydrogen-bond acceptors (Lipinski definition) is 6. The van der Waals surface area contributed by atoms with Crippen LogP contribution in [0.3, 0.4) is 0 Å². The van der Waals surface area contributed by atoms with E-state index in [0.717, 1.165) is 21.9 Å². The maximum atomic E-state index is 15.0. The lowest BCUT2D eigenvalue weighted by Crippen LogP contribution is -2.56. The van der Waals surface area contributed by atoms with Crippen molar-refractivity contribution in [3.63, 3.8) is 0 Å². The van der Waals surface area contributed by atoms with Crippen molar-refractivity contribution in [1.82, 2.24) is 14.3 Å². The van der Waals surface area contributed by atoms with E-state index < -0.39 is 71.1 Å². The maximum absolute atomic E-state index is 15.0. The molecule has 0 aromatic carbocycles. The van der Waals surface area contributed by atoms with Gasteiger partial charge in [-0.1, -0.05) is 19.3 Å². The molecule has 1 spiro atoms. The summed E-state index contributed by atoms with van der Waals surface area (Å²) >= 11 is 0. The third-order valence-corrected chi connectivity index (χ3v) is 9.39. The predicted molar refractivity (Wildman–Crippen MR) is 127 cm³/mol. The van der Waals surface area contributed by atoms with Crippen molar-refractivity contribution in [1.29, 1.82) is 0 Å². The van der Waals surface area contributed by atoms with Crippen LogP contribution < -0.4 is 9.80 Å². The summed E-state index contributed by atoms with van der Waals surface area (Å²) in [6, 6.07) is 1.20. The minimum atomic E-state index is -4.96. The molecule has 1 unspecified atom stereocenters. The van der Waals surface area contributed by atoms with Crippen LogP contribution in [0.1, 0.15) is 50.8 Å². The van der Waals surface area contributed by atoms with E-state index in [1.54, 1.807) is 0 Å². The van der Waals surface area contributed by atoms with Gasteiger partial charge >= 0.3 is 6.18 Å². The SMILES string of the molecule is CN(CC1CN(S(C)(=O)=O)CCC1(F)F)c1cc(N2CCC(F)(F)C3(CCCCC3)C2)nc(C(F)(F)F)n1. The van der Waals surface area contributed by atoms with Crippen LogP contribution in [0.15, 0.2) is 6.07 Å². The average molecular weight is 576 g/mol. The number of aromatic nitrogens is 2. The monoisotopic (exact) mass is 575 g/mol. The van der Waals surface area contributed by atoms with E-state index in [2.05, 4.69) is 9.97 Å². The number of alkyl halides is 7. The number of anilines is 2. The largest absolute Gasteiger partial charge is 0.451 e. The molecule has 2 saturated heterocycles. The third-order valence-electron chi connectivity index (χ3n) is 8.12. The zero-order valence-electron chi connectivity index (χ0n) is 21.2. The van der Waals surface area contributed by atoms with Crippen molar-refractivity contribution in [3.8, 4) is 0 Å². The van der Waals surface area contributed by atoms with Gasteiger partial charge in [0.1, 0.15) is 11.6 Å². The molecule has 1 aliphatic carbocycles. The van der Waals surface area contributed by atoms with Gasteiger partial charge in [-0.05, 0) is 12.8 Å². The molecule has 1 aromatic heterocycles. The first-order valence-electron chi connectivity index (χ1n) is 12.6. The minimum Gasteiger partial charge on any atom is -0.359 e. The first kappa shape index (κ1) is 29.1. The van der Waals surface area contributed by atoms with Gasteiger partial charge in [-0.3, -0.25) is 0 Å². The van der Waals surface area contributed by atoms with E-state index in [0.29, 0.717) is 12.8 Å². The van der Waals surface area contributed by atoms with Crippen LogP contribution in [0.5, 0.6) is 0 Å². The van der Waals surface area contributed by atoms with E-state index in [-0.39, 0.29) is 44.1 Å². The fourth-order valence-corrected chi connectivity index (χ4v) is 6.69. The Balaban J connectivity index is 1.64. The Morgan fingerprint density at radius 3 is 2.29 bits per heavy atom. The summed E-state index contributed by atoms with van der Waals surface area (Å²) in [4.78, 5) is 9.72.